The summed E-state index contributed by atoms with van der Waals surface area (Å²) >= 11 is 2.68. The molecule has 0 atom stereocenters. The van der Waals surface area contributed by atoms with Crippen LogP contribution in [0.5, 0.6) is 0 Å². The van der Waals surface area contributed by atoms with Crippen LogP contribution in [0.25, 0.3) is 0 Å². The second-order valence-electron chi connectivity index (χ2n) is 8.04. The molecule has 0 radical (unpaired) electrons. The van der Waals surface area contributed by atoms with Crippen molar-refractivity contribution >= 4 is 56.4 Å². The zero-order valence-corrected chi connectivity index (χ0v) is 19.0. The van der Waals surface area contributed by atoms with Crippen LogP contribution < -0.4 is 10.6 Å². The Labute approximate surface area is 192 Å². The standard InChI is InChI=1S/C22H24N2O6S2/c25-15(23-19-17(21(27)28)11-5-3-7-13(11)31-19)9-1-2-10-16(26)24-20-18(22(29)30)12-6-4-8-14(12)32-20/h1-10H2,(H,23,25)(H,24,26)(H,27,28)(H,29,30). The number of fused-ring (bicyclic) bond motifs is 2. The van der Waals surface area contributed by atoms with Crippen LogP contribution >= 0.6 is 22.7 Å². The molecule has 170 valence electrons. The molecule has 10 heteroatoms. The van der Waals surface area contributed by atoms with Crippen molar-refractivity contribution in [3.8, 4) is 0 Å². The quantitative estimate of drug-likeness (QED) is 0.398. The van der Waals surface area contributed by atoms with Crippen molar-refractivity contribution in [2.75, 3.05) is 10.6 Å². The molecule has 0 aliphatic heterocycles. The van der Waals surface area contributed by atoms with Gasteiger partial charge in [0.2, 0.25) is 11.8 Å². The number of carbonyl (C=O) groups excluding carboxylic acids is 2. The molecule has 2 heterocycles. The maximum absolute atomic E-state index is 12.3. The van der Waals surface area contributed by atoms with E-state index >= 15 is 0 Å². The van der Waals surface area contributed by atoms with Crippen molar-refractivity contribution in [2.45, 2.75) is 64.2 Å². The first-order valence-electron chi connectivity index (χ1n) is 10.7. The van der Waals surface area contributed by atoms with Crippen molar-refractivity contribution in [2.24, 2.45) is 0 Å². The third-order valence-electron chi connectivity index (χ3n) is 5.83. The minimum absolute atomic E-state index is 0.183. The number of aryl methyl sites for hydroxylation is 2. The van der Waals surface area contributed by atoms with Gasteiger partial charge in [-0.05, 0) is 62.5 Å². The first kappa shape index (κ1) is 22.5. The smallest absolute Gasteiger partial charge is 0.339 e. The molecule has 2 aromatic heterocycles. The minimum atomic E-state index is -1.02. The van der Waals surface area contributed by atoms with Gasteiger partial charge in [-0.3, -0.25) is 9.59 Å². The fourth-order valence-electron chi connectivity index (χ4n) is 4.39. The number of carboxylic acid groups (broad SMARTS) is 2. The van der Waals surface area contributed by atoms with Gasteiger partial charge in [-0.25, -0.2) is 9.59 Å². The summed E-state index contributed by atoms with van der Waals surface area (Å²) in [7, 11) is 0. The Kier molecular flexibility index (Phi) is 6.61. The van der Waals surface area contributed by atoms with Crippen LogP contribution in [0.4, 0.5) is 10.0 Å². The summed E-state index contributed by atoms with van der Waals surface area (Å²) in [5.41, 5.74) is 2.11. The SMILES string of the molecule is O=C(CCCCC(=O)Nc1sc2c(c1C(=O)O)CCC2)Nc1sc2c(c1C(=O)O)CCC2. The van der Waals surface area contributed by atoms with Gasteiger partial charge < -0.3 is 20.8 Å². The van der Waals surface area contributed by atoms with Gasteiger partial charge >= 0.3 is 11.9 Å². The average molecular weight is 477 g/mol. The fourth-order valence-corrected chi connectivity index (χ4v) is 6.98. The highest BCUT2D eigenvalue weighted by molar-refractivity contribution is 7.17. The van der Waals surface area contributed by atoms with Crippen LogP contribution in [0.2, 0.25) is 0 Å². The first-order chi connectivity index (χ1) is 15.3. The van der Waals surface area contributed by atoms with Crippen molar-refractivity contribution in [1.82, 2.24) is 0 Å². The summed E-state index contributed by atoms with van der Waals surface area (Å²) in [5.74, 6) is -2.57. The number of unbranched alkanes of at least 4 members (excludes halogenated alkanes) is 1. The molecular formula is C22H24N2O6S2. The zero-order valence-electron chi connectivity index (χ0n) is 17.4. The van der Waals surface area contributed by atoms with E-state index in [2.05, 4.69) is 10.6 Å². The van der Waals surface area contributed by atoms with Crippen molar-refractivity contribution < 1.29 is 29.4 Å². The highest BCUT2D eigenvalue weighted by atomic mass is 32.1. The monoisotopic (exact) mass is 476 g/mol. The molecule has 0 saturated heterocycles. The van der Waals surface area contributed by atoms with Gasteiger partial charge in [-0.1, -0.05) is 0 Å². The number of carbonyl (C=O) groups is 4. The maximum Gasteiger partial charge on any atom is 0.339 e. The molecule has 0 fully saturated rings. The lowest BCUT2D eigenvalue weighted by atomic mass is 10.1. The summed E-state index contributed by atoms with van der Waals surface area (Å²) < 4.78 is 0. The third kappa shape index (κ3) is 4.56. The second kappa shape index (κ2) is 9.41. The molecule has 4 N–H and O–H groups in total. The molecule has 0 unspecified atom stereocenters. The number of hydrogen-bond acceptors (Lipinski definition) is 6. The molecule has 2 aromatic rings. The Bertz CT molecular complexity index is 1010. The Morgan fingerprint density at radius 1 is 0.688 bits per heavy atom. The maximum atomic E-state index is 12.3. The third-order valence-corrected chi connectivity index (χ3v) is 8.25. The largest absolute Gasteiger partial charge is 0.478 e. The van der Waals surface area contributed by atoms with E-state index in [-0.39, 0.29) is 35.8 Å². The summed E-state index contributed by atoms with van der Waals surface area (Å²) in [4.78, 5) is 49.8. The molecular weight excluding hydrogens is 452 g/mol. The molecule has 8 nitrogen and oxygen atoms in total. The number of anilines is 2. The van der Waals surface area contributed by atoms with Crippen molar-refractivity contribution in [3.63, 3.8) is 0 Å². The Balaban J connectivity index is 1.25. The Hall–Kier alpha value is -2.72. The molecule has 2 amide bonds. The zero-order chi connectivity index (χ0) is 22.8. The Morgan fingerprint density at radius 2 is 1.09 bits per heavy atom. The second-order valence-corrected chi connectivity index (χ2v) is 10.2. The van der Waals surface area contributed by atoms with E-state index in [1.807, 2.05) is 0 Å². The minimum Gasteiger partial charge on any atom is -0.478 e. The molecule has 32 heavy (non-hydrogen) atoms. The molecule has 0 spiro atoms. The van der Waals surface area contributed by atoms with E-state index in [0.717, 1.165) is 59.4 Å². The Morgan fingerprint density at radius 3 is 1.47 bits per heavy atom. The average Bonchev–Trinajstić information content (AvgIpc) is 3.45. The molecule has 2 aliphatic carbocycles. The number of carboxylic acids is 2. The van der Waals surface area contributed by atoms with Gasteiger partial charge in [-0.15, -0.1) is 22.7 Å². The molecule has 0 aromatic carbocycles. The van der Waals surface area contributed by atoms with Gasteiger partial charge in [-0.2, -0.15) is 0 Å². The van der Waals surface area contributed by atoms with Crippen LogP contribution in [-0.4, -0.2) is 34.0 Å². The normalized spacial score (nSPS) is 14.1. The molecule has 4 rings (SSSR count). The molecule has 0 saturated carbocycles. The number of amides is 2. The van der Waals surface area contributed by atoms with E-state index in [9.17, 15) is 29.4 Å². The van der Waals surface area contributed by atoms with E-state index < -0.39 is 11.9 Å². The van der Waals surface area contributed by atoms with Crippen molar-refractivity contribution in [3.05, 3.63) is 32.0 Å². The van der Waals surface area contributed by atoms with E-state index in [0.29, 0.717) is 22.8 Å². The van der Waals surface area contributed by atoms with Gasteiger partial charge in [0.1, 0.15) is 10.0 Å². The van der Waals surface area contributed by atoms with E-state index in [4.69, 9.17) is 0 Å². The fraction of sp³-hybridized carbons (Fsp3) is 0.455. The van der Waals surface area contributed by atoms with Crippen LogP contribution in [0, 0.1) is 0 Å². The highest BCUT2D eigenvalue weighted by Gasteiger charge is 2.28. The lowest BCUT2D eigenvalue weighted by Gasteiger charge is -2.07. The van der Waals surface area contributed by atoms with E-state index in [1.54, 1.807) is 0 Å². The van der Waals surface area contributed by atoms with Crippen molar-refractivity contribution in [1.29, 1.82) is 0 Å². The number of aromatic carboxylic acids is 2. The lowest BCUT2D eigenvalue weighted by molar-refractivity contribution is -0.118. The number of nitrogens with one attached hydrogen (secondary N) is 2. The molecule has 2 aliphatic rings. The van der Waals surface area contributed by atoms with Gasteiger partial charge in [0, 0.05) is 22.6 Å². The van der Waals surface area contributed by atoms with Gasteiger partial charge in [0.05, 0.1) is 11.1 Å². The predicted molar refractivity (Wildman–Crippen MR) is 122 cm³/mol. The summed E-state index contributed by atoms with van der Waals surface area (Å²) in [6, 6.07) is 0. The predicted octanol–water partition coefficient (Wildman–Crippen LogP) is 4.32. The topological polar surface area (TPSA) is 133 Å². The summed E-state index contributed by atoms with van der Waals surface area (Å²) in [5, 5.41) is 25.2. The molecule has 0 bridgehead atoms. The van der Waals surface area contributed by atoms with Crippen LogP contribution in [0.15, 0.2) is 0 Å². The van der Waals surface area contributed by atoms with Gasteiger partial charge in [0.15, 0.2) is 0 Å². The van der Waals surface area contributed by atoms with E-state index in [1.165, 1.54) is 22.7 Å². The number of thiophene rings is 2. The number of rotatable bonds is 9. The van der Waals surface area contributed by atoms with Crippen LogP contribution in [-0.2, 0) is 35.3 Å². The summed E-state index contributed by atoms with van der Waals surface area (Å²) in [6.45, 7) is 0. The first-order valence-corrected chi connectivity index (χ1v) is 12.3. The lowest BCUT2D eigenvalue weighted by Crippen LogP contribution is -2.15. The van der Waals surface area contributed by atoms with Crippen LogP contribution in [0.1, 0.15) is 80.1 Å². The van der Waals surface area contributed by atoms with Crippen LogP contribution in [0.3, 0.4) is 0 Å². The number of hydrogen-bond donors (Lipinski definition) is 4. The summed E-state index contributed by atoms with van der Waals surface area (Å²) in [6.07, 6.45) is 6.36. The highest BCUT2D eigenvalue weighted by Crippen LogP contribution is 2.40. The van der Waals surface area contributed by atoms with Gasteiger partial charge in [0.25, 0.3) is 0 Å².